The Morgan fingerprint density at radius 3 is 2.90 bits per heavy atom. The molecule has 6 heteroatoms. The Kier molecular flexibility index (Phi) is 4.36. The highest BCUT2D eigenvalue weighted by atomic mass is 16.5. The molecule has 1 aromatic heterocycles. The predicted octanol–water partition coefficient (Wildman–Crippen LogP) is 2.00. The van der Waals surface area contributed by atoms with Crippen molar-refractivity contribution in [1.29, 1.82) is 0 Å². The van der Waals surface area contributed by atoms with Crippen LogP contribution in [0.3, 0.4) is 0 Å². The second-order valence-corrected chi connectivity index (χ2v) is 5.76. The minimum atomic E-state index is -0.468. The van der Waals surface area contributed by atoms with Crippen molar-refractivity contribution in [3.8, 4) is 0 Å². The second kappa shape index (κ2) is 6.41. The molecule has 1 aromatic carbocycles. The Labute approximate surface area is 124 Å². The summed E-state index contributed by atoms with van der Waals surface area (Å²) in [5.41, 5.74) is 1.19. The van der Waals surface area contributed by atoms with E-state index in [1.807, 2.05) is 18.2 Å². The van der Waals surface area contributed by atoms with Gasteiger partial charge in [0.05, 0.1) is 0 Å². The molecule has 110 valence electrons. The van der Waals surface area contributed by atoms with Crippen molar-refractivity contribution < 1.29 is 9.55 Å². The van der Waals surface area contributed by atoms with Gasteiger partial charge in [-0.1, -0.05) is 35.5 Å². The molecule has 5 nitrogen and oxygen atoms in total. The number of aromatic nitrogens is 2. The van der Waals surface area contributed by atoms with E-state index in [4.69, 9.17) is 4.52 Å². The van der Waals surface area contributed by atoms with Gasteiger partial charge in [-0.3, -0.25) is 0 Å². The molecule has 0 bridgehead atoms. The molecule has 21 heavy (non-hydrogen) atoms. The third-order valence-corrected chi connectivity index (χ3v) is 3.95. The van der Waals surface area contributed by atoms with Crippen molar-refractivity contribution in [2.45, 2.75) is 44.5 Å². The SMILES string of the molecule is CB(O)NC1CCC(c2nc(Cc3ccccc3)no2)C1. The summed E-state index contributed by atoms with van der Waals surface area (Å²) < 4.78 is 5.42. The summed E-state index contributed by atoms with van der Waals surface area (Å²) in [4.78, 5) is 4.53. The molecule has 3 rings (SSSR count). The van der Waals surface area contributed by atoms with Gasteiger partial charge in [-0.15, -0.1) is 0 Å². The van der Waals surface area contributed by atoms with Gasteiger partial charge in [0.1, 0.15) is 0 Å². The smallest absolute Gasteiger partial charge is 0.373 e. The summed E-state index contributed by atoms with van der Waals surface area (Å²) in [5.74, 6) is 1.78. The van der Waals surface area contributed by atoms with E-state index in [1.165, 1.54) is 5.56 Å². The topological polar surface area (TPSA) is 71.2 Å². The molecule has 0 amide bonds. The average Bonchev–Trinajstić information content (AvgIpc) is 3.08. The standard InChI is InChI=1S/C15H20BN3O2/c1-16(20)18-13-8-7-12(10-13)15-17-14(19-21-15)9-11-5-3-2-4-6-11/h2-6,12-13,18,20H,7-10H2,1H3. The van der Waals surface area contributed by atoms with Crippen LogP contribution >= 0.6 is 0 Å². The first kappa shape index (κ1) is 14.3. The van der Waals surface area contributed by atoms with Gasteiger partial charge in [0.15, 0.2) is 5.82 Å². The van der Waals surface area contributed by atoms with E-state index in [1.54, 1.807) is 6.82 Å². The fraction of sp³-hybridized carbons (Fsp3) is 0.467. The lowest BCUT2D eigenvalue weighted by Gasteiger charge is -2.11. The summed E-state index contributed by atoms with van der Waals surface area (Å²) in [6, 6.07) is 10.5. The third-order valence-electron chi connectivity index (χ3n) is 3.95. The van der Waals surface area contributed by atoms with Crippen LogP contribution in [0.2, 0.25) is 6.82 Å². The molecule has 2 atom stereocenters. The Morgan fingerprint density at radius 1 is 1.33 bits per heavy atom. The zero-order valence-electron chi connectivity index (χ0n) is 12.2. The first-order chi connectivity index (χ1) is 10.2. The molecule has 0 spiro atoms. The van der Waals surface area contributed by atoms with Gasteiger partial charge in [-0.05, 0) is 37.7 Å². The zero-order valence-corrected chi connectivity index (χ0v) is 12.2. The quantitative estimate of drug-likeness (QED) is 0.822. The van der Waals surface area contributed by atoms with Crippen LogP contribution in [0.25, 0.3) is 0 Å². The van der Waals surface area contributed by atoms with E-state index in [-0.39, 0.29) is 0 Å². The third kappa shape index (κ3) is 3.71. The Hall–Kier alpha value is -1.66. The molecule has 0 radical (unpaired) electrons. The van der Waals surface area contributed by atoms with E-state index in [0.29, 0.717) is 18.4 Å². The van der Waals surface area contributed by atoms with Gasteiger partial charge >= 0.3 is 7.05 Å². The zero-order chi connectivity index (χ0) is 14.7. The molecule has 1 heterocycles. The van der Waals surface area contributed by atoms with E-state index in [2.05, 4.69) is 27.5 Å². The number of hydrogen-bond acceptors (Lipinski definition) is 5. The van der Waals surface area contributed by atoms with Crippen LogP contribution in [0.15, 0.2) is 34.9 Å². The van der Waals surface area contributed by atoms with Crippen LogP contribution in [0.4, 0.5) is 0 Å². The van der Waals surface area contributed by atoms with Gasteiger partial charge in [0.2, 0.25) is 5.89 Å². The molecule has 1 fully saturated rings. The maximum atomic E-state index is 9.38. The predicted molar refractivity (Wildman–Crippen MR) is 80.9 cm³/mol. The summed E-state index contributed by atoms with van der Waals surface area (Å²) in [5, 5.41) is 16.6. The molecule has 2 aromatic rings. The normalized spacial score (nSPS) is 21.6. The van der Waals surface area contributed by atoms with Crippen LogP contribution in [0.5, 0.6) is 0 Å². The van der Waals surface area contributed by atoms with E-state index in [9.17, 15) is 5.02 Å². The number of rotatable bonds is 5. The molecular formula is C15H20BN3O2. The average molecular weight is 285 g/mol. The molecule has 2 N–H and O–H groups in total. The summed E-state index contributed by atoms with van der Waals surface area (Å²) in [7, 11) is -0.468. The van der Waals surface area contributed by atoms with E-state index < -0.39 is 7.05 Å². The van der Waals surface area contributed by atoms with Crippen LogP contribution in [0.1, 0.15) is 42.5 Å². The Morgan fingerprint density at radius 2 is 2.14 bits per heavy atom. The van der Waals surface area contributed by atoms with Gasteiger partial charge in [-0.2, -0.15) is 4.98 Å². The van der Waals surface area contributed by atoms with Crippen molar-refractivity contribution in [2.75, 3.05) is 0 Å². The largest absolute Gasteiger partial charge is 0.437 e. The highest BCUT2D eigenvalue weighted by molar-refractivity contribution is 6.45. The van der Waals surface area contributed by atoms with Gasteiger partial charge in [0.25, 0.3) is 0 Å². The molecule has 1 aliphatic carbocycles. The fourth-order valence-electron chi connectivity index (χ4n) is 2.98. The first-order valence-electron chi connectivity index (χ1n) is 7.51. The molecule has 0 aliphatic heterocycles. The minimum Gasteiger partial charge on any atom is -0.437 e. The maximum Gasteiger partial charge on any atom is 0.373 e. The Balaban J connectivity index is 1.61. The van der Waals surface area contributed by atoms with Crippen LogP contribution in [-0.2, 0) is 6.42 Å². The van der Waals surface area contributed by atoms with Crippen molar-refractivity contribution in [2.24, 2.45) is 0 Å². The van der Waals surface area contributed by atoms with E-state index in [0.717, 1.165) is 31.0 Å². The Bertz CT molecular complexity index is 573. The van der Waals surface area contributed by atoms with Crippen LogP contribution in [-0.4, -0.2) is 28.3 Å². The van der Waals surface area contributed by atoms with Crippen molar-refractivity contribution in [3.63, 3.8) is 0 Å². The lowest BCUT2D eigenvalue weighted by Crippen LogP contribution is -2.38. The molecule has 2 unspecified atom stereocenters. The number of nitrogens with zero attached hydrogens (tertiary/aromatic N) is 2. The van der Waals surface area contributed by atoms with Crippen molar-refractivity contribution in [1.82, 2.24) is 15.4 Å². The molecule has 0 saturated heterocycles. The summed E-state index contributed by atoms with van der Waals surface area (Å²) >= 11 is 0. The maximum absolute atomic E-state index is 9.38. The van der Waals surface area contributed by atoms with Gasteiger partial charge in [-0.25, -0.2) is 0 Å². The molecule has 1 saturated carbocycles. The second-order valence-electron chi connectivity index (χ2n) is 5.76. The fourth-order valence-corrected chi connectivity index (χ4v) is 2.98. The first-order valence-corrected chi connectivity index (χ1v) is 7.51. The highest BCUT2D eigenvalue weighted by Gasteiger charge is 2.30. The number of hydrogen-bond donors (Lipinski definition) is 2. The highest BCUT2D eigenvalue weighted by Crippen LogP contribution is 2.33. The van der Waals surface area contributed by atoms with Crippen molar-refractivity contribution >= 4 is 7.05 Å². The van der Waals surface area contributed by atoms with E-state index >= 15 is 0 Å². The number of nitrogens with one attached hydrogen (secondary N) is 1. The van der Waals surface area contributed by atoms with Crippen molar-refractivity contribution in [3.05, 3.63) is 47.6 Å². The lowest BCUT2D eigenvalue weighted by molar-refractivity contribution is 0.349. The van der Waals surface area contributed by atoms with Crippen LogP contribution in [0, 0.1) is 0 Å². The van der Waals surface area contributed by atoms with Crippen LogP contribution < -0.4 is 5.23 Å². The van der Waals surface area contributed by atoms with Gasteiger partial charge in [0, 0.05) is 12.3 Å². The lowest BCUT2D eigenvalue weighted by atomic mass is 9.87. The molecule has 1 aliphatic rings. The number of benzene rings is 1. The summed E-state index contributed by atoms with van der Waals surface area (Å²) in [6.07, 6.45) is 3.70. The molecular weight excluding hydrogens is 265 g/mol. The van der Waals surface area contributed by atoms with Gasteiger partial charge < -0.3 is 14.8 Å². The monoisotopic (exact) mass is 285 g/mol. The summed E-state index contributed by atoms with van der Waals surface area (Å²) in [6.45, 7) is 1.75. The minimum absolute atomic E-state index is 0.304.